The van der Waals surface area contributed by atoms with Crippen LogP contribution in [0.15, 0.2) is 24.3 Å². The number of hydrogen-bond acceptors (Lipinski definition) is 4. The highest BCUT2D eigenvalue weighted by Crippen LogP contribution is 2.16. The highest BCUT2D eigenvalue weighted by atomic mass is 32.2. The van der Waals surface area contributed by atoms with Crippen molar-refractivity contribution in [2.24, 2.45) is 0 Å². The summed E-state index contributed by atoms with van der Waals surface area (Å²) in [7, 11) is -2.91. The highest BCUT2D eigenvalue weighted by Gasteiger charge is 2.01. The summed E-state index contributed by atoms with van der Waals surface area (Å²) < 4.78 is 27.4. The normalized spacial score (nSPS) is 11.5. The van der Waals surface area contributed by atoms with Gasteiger partial charge in [-0.1, -0.05) is 0 Å². The molecule has 0 aromatic heterocycles. The van der Waals surface area contributed by atoms with Crippen LogP contribution in [0, 0.1) is 0 Å². The molecule has 1 aromatic rings. The van der Waals surface area contributed by atoms with Crippen LogP contribution in [0.3, 0.4) is 0 Å². The van der Waals surface area contributed by atoms with Crippen molar-refractivity contribution in [3.63, 3.8) is 0 Å². The van der Waals surface area contributed by atoms with Crippen LogP contribution in [0.2, 0.25) is 0 Å². The highest BCUT2D eigenvalue weighted by molar-refractivity contribution is 7.90. The molecule has 0 heterocycles. The second-order valence-corrected chi connectivity index (χ2v) is 6.51. The minimum absolute atomic E-state index is 0.136. The van der Waals surface area contributed by atoms with Crippen molar-refractivity contribution in [3.05, 3.63) is 24.3 Å². The van der Waals surface area contributed by atoms with Crippen molar-refractivity contribution in [2.45, 2.75) is 20.0 Å². The summed E-state index contributed by atoms with van der Waals surface area (Å²) in [5.74, 6) is 0.950. The van der Waals surface area contributed by atoms with Gasteiger partial charge in [0.1, 0.15) is 15.6 Å². The fourth-order valence-electron chi connectivity index (χ4n) is 1.30. The maximum Gasteiger partial charge on any atom is 0.149 e. The van der Waals surface area contributed by atoms with Gasteiger partial charge in [-0.2, -0.15) is 0 Å². The quantitative estimate of drug-likeness (QED) is 0.846. The van der Waals surface area contributed by atoms with Gasteiger partial charge < -0.3 is 10.1 Å². The molecule has 0 saturated heterocycles. The van der Waals surface area contributed by atoms with E-state index in [0.29, 0.717) is 6.54 Å². The Bertz CT molecular complexity index is 437. The van der Waals surface area contributed by atoms with Gasteiger partial charge in [0, 0.05) is 18.5 Å². The van der Waals surface area contributed by atoms with Gasteiger partial charge in [0.2, 0.25) is 0 Å². The predicted octanol–water partition coefficient (Wildman–Crippen LogP) is 1.93. The number of sulfone groups is 1. The van der Waals surface area contributed by atoms with Crippen molar-refractivity contribution in [3.8, 4) is 5.75 Å². The van der Waals surface area contributed by atoms with Crippen molar-refractivity contribution in [1.82, 2.24) is 0 Å². The molecule has 0 bridgehead atoms. The number of ether oxygens (including phenoxy) is 1. The van der Waals surface area contributed by atoms with Crippen LogP contribution in [0.4, 0.5) is 5.69 Å². The Balaban J connectivity index is 2.46. The number of nitrogens with one attached hydrogen (secondary N) is 1. The lowest BCUT2D eigenvalue weighted by Crippen LogP contribution is -2.14. The van der Waals surface area contributed by atoms with Crippen molar-refractivity contribution < 1.29 is 13.2 Å². The average molecular weight is 257 g/mol. The van der Waals surface area contributed by atoms with Gasteiger partial charge in [0.05, 0.1) is 11.9 Å². The molecular weight excluding hydrogens is 238 g/mol. The zero-order valence-electron chi connectivity index (χ0n) is 10.4. The molecule has 0 saturated carbocycles. The summed E-state index contributed by atoms with van der Waals surface area (Å²) in [5, 5.41) is 3.05. The number of hydrogen-bond donors (Lipinski definition) is 1. The van der Waals surface area contributed by atoms with Crippen molar-refractivity contribution in [1.29, 1.82) is 0 Å². The average Bonchev–Trinajstić information content (AvgIpc) is 2.18. The molecule has 1 rings (SSSR count). The number of benzene rings is 1. The first-order chi connectivity index (χ1) is 7.87. The molecule has 0 amide bonds. The molecule has 0 aliphatic carbocycles. The zero-order valence-corrected chi connectivity index (χ0v) is 11.3. The van der Waals surface area contributed by atoms with Crippen molar-refractivity contribution in [2.75, 3.05) is 23.9 Å². The van der Waals surface area contributed by atoms with Crippen LogP contribution in [0.5, 0.6) is 5.75 Å². The first kappa shape index (κ1) is 13.8. The second kappa shape index (κ2) is 5.91. The van der Waals surface area contributed by atoms with E-state index in [4.69, 9.17) is 4.74 Å². The van der Waals surface area contributed by atoms with Crippen LogP contribution in [0.1, 0.15) is 13.8 Å². The Labute approximate surface area is 103 Å². The lowest BCUT2D eigenvalue weighted by molar-refractivity contribution is 0.242. The molecule has 0 radical (unpaired) electrons. The smallest absolute Gasteiger partial charge is 0.149 e. The lowest BCUT2D eigenvalue weighted by atomic mass is 10.3. The first-order valence-electron chi connectivity index (χ1n) is 5.55. The molecule has 0 aliphatic rings. The SMILES string of the molecule is CC(C)Oc1ccc(NCCS(C)(=O)=O)cc1. The van der Waals surface area contributed by atoms with Crippen molar-refractivity contribution >= 4 is 15.5 Å². The van der Waals surface area contributed by atoms with E-state index in [2.05, 4.69) is 5.32 Å². The molecule has 17 heavy (non-hydrogen) atoms. The summed E-state index contributed by atoms with van der Waals surface area (Å²) in [6.07, 6.45) is 1.38. The Morgan fingerprint density at radius 2 is 1.82 bits per heavy atom. The standard InChI is InChI=1S/C12H19NO3S/c1-10(2)16-12-6-4-11(5-7-12)13-8-9-17(3,14)15/h4-7,10,13H,8-9H2,1-3H3. The van der Waals surface area contributed by atoms with Crippen LogP contribution >= 0.6 is 0 Å². The third-order valence-corrected chi connectivity index (χ3v) is 2.97. The Morgan fingerprint density at radius 1 is 1.24 bits per heavy atom. The molecule has 5 heteroatoms. The summed E-state index contributed by atoms with van der Waals surface area (Å²) in [6.45, 7) is 4.36. The molecule has 96 valence electrons. The third kappa shape index (κ3) is 6.16. The summed E-state index contributed by atoms with van der Waals surface area (Å²) in [4.78, 5) is 0. The molecule has 0 unspecified atom stereocenters. The van der Waals surface area contributed by atoms with Crippen LogP contribution in [0.25, 0.3) is 0 Å². The summed E-state index contributed by atoms with van der Waals surface area (Å²) >= 11 is 0. The van der Waals surface area contributed by atoms with E-state index in [1.54, 1.807) is 0 Å². The largest absolute Gasteiger partial charge is 0.491 e. The Morgan fingerprint density at radius 3 is 2.29 bits per heavy atom. The first-order valence-corrected chi connectivity index (χ1v) is 7.61. The molecular formula is C12H19NO3S. The second-order valence-electron chi connectivity index (χ2n) is 4.25. The monoisotopic (exact) mass is 257 g/mol. The van der Waals surface area contributed by atoms with E-state index in [1.807, 2.05) is 38.1 Å². The predicted molar refractivity (Wildman–Crippen MR) is 70.4 cm³/mol. The molecule has 0 fully saturated rings. The molecule has 0 atom stereocenters. The lowest BCUT2D eigenvalue weighted by Gasteiger charge is -2.10. The van der Waals surface area contributed by atoms with E-state index in [-0.39, 0.29) is 11.9 Å². The van der Waals surface area contributed by atoms with Crippen LogP contribution in [-0.2, 0) is 9.84 Å². The van der Waals surface area contributed by atoms with Gasteiger partial charge in [-0.15, -0.1) is 0 Å². The van der Waals surface area contributed by atoms with Crippen LogP contribution in [-0.4, -0.2) is 33.1 Å². The fraction of sp³-hybridized carbons (Fsp3) is 0.500. The van der Waals surface area contributed by atoms with E-state index >= 15 is 0 Å². The van der Waals surface area contributed by atoms with E-state index in [1.165, 1.54) is 6.26 Å². The fourth-order valence-corrected chi connectivity index (χ4v) is 1.78. The van der Waals surface area contributed by atoms with E-state index < -0.39 is 9.84 Å². The van der Waals surface area contributed by atoms with Gasteiger partial charge in [-0.3, -0.25) is 0 Å². The summed E-state index contributed by atoms with van der Waals surface area (Å²) in [5.41, 5.74) is 0.893. The van der Waals surface area contributed by atoms with E-state index in [9.17, 15) is 8.42 Å². The maximum absolute atomic E-state index is 10.9. The minimum atomic E-state index is -2.91. The van der Waals surface area contributed by atoms with Gasteiger partial charge in [0.25, 0.3) is 0 Å². The van der Waals surface area contributed by atoms with Gasteiger partial charge in [-0.25, -0.2) is 8.42 Å². The Hall–Kier alpha value is -1.23. The molecule has 0 aliphatic heterocycles. The third-order valence-electron chi connectivity index (χ3n) is 2.03. The van der Waals surface area contributed by atoms with Crippen LogP contribution < -0.4 is 10.1 Å². The molecule has 1 aromatic carbocycles. The van der Waals surface area contributed by atoms with Gasteiger partial charge in [0.15, 0.2) is 0 Å². The maximum atomic E-state index is 10.9. The number of anilines is 1. The summed E-state index contributed by atoms with van der Waals surface area (Å²) in [6, 6.07) is 7.48. The molecule has 0 spiro atoms. The number of rotatable bonds is 6. The van der Waals surface area contributed by atoms with Gasteiger partial charge >= 0.3 is 0 Å². The van der Waals surface area contributed by atoms with Gasteiger partial charge in [-0.05, 0) is 38.1 Å². The molecule has 1 N–H and O–H groups in total. The zero-order chi connectivity index (χ0) is 12.9. The Kier molecular flexibility index (Phi) is 4.81. The topological polar surface area (TPSA) is 55.4 Å². The molecule has 4 nitrogen and oxygen atoms in total. The van der Waals surface area contributed by atoms with E-state index in [0.717, 1.165) is 11.4 Å². The minimum Gasteiger partial charge on any atom is -0.491 e.